The fourth-order valence-electron chi connectivity index (χ4n) is 4.57. The lowest BCUT2D eigenvalue weighted by molar-refractivity contribution is -0.126. The van der Waals surface area contributed by atoms with Crippen molar-refractivity contribution in [1.82, 2.24) is 10.3 Å². The van der Waals surface area contributed by atoms with Gasteiger partial charge in [0.25, 0.3) is 0 Å². The van der Waals surface area contributed by atoms with E-state index in [0.29, 0.717) is 21.6 Å². The minimum Gasteiger partial charge on any atom is -0.361 e. The molecule has 0 unspecified atom stereocenters. The maximum absolute atomic E-state index is 13.9. The van der Waals surface area contributed by atoms with Gasteiger partial charge in [-0.25, -0.2) is 0 Å². The van der Waals surface area contributed by atoms with Gasteiger partial charge in [-0.2, -0.15) is 0 Å². The maximum Gasteiger partial charge on any atom is 0.247 e. The molecule has 1 atom stereocenters. The molecule has 5 rings (SSSR count). The number of H-pyrrole nitrogens is 1. The minimum absolute atomic E-state index is 0.250. The summed E-state index contributed by atoms with van der Waals surface area (Å²) in [5.41, 5.74) is 4.19. The Morgan fingerprint density at radius 3 is 2.11 bits per heavy atom. The molecule has 5 nitrogen and oxygen atoms in total. The first kappa shape index (κ1) is 25.8. The zero-order chi connectivity index (χ0) is 26.5. The molecule has 2 amide bonds. The number of rotatable bonds is 8. The smallest absolute Gasteiger partial charge is 0.247 e. The van der Waals surface area contributed by atoms with E-state index in [9.17, 15) is 9.59 Å². The fourth-order valence-corrected chi connectivity index (χ4v) is 5.07. The van der Waals surface area contributed by atoms with Crippen LogP contribution in [0.15, 0.2) is 114 Å². The maximum atomic E-state index is 13.9. The normalized spacial score (nSPS) is 11.9. The van der Waals surface area contributed by atoms with Gasteiger partial charge in [-0.05, 0) is 56.9 Å². The first-order valence-electron chi connectivity index (χ1n) is 12.2. The third-order valence-electron chi connectivity index (χ3n) is 6.45. The lowest BCUT2D eigenvalue weighted by Crippen LogP contribution is -2.47. The van der Waals surface area contributed by atoms with E-state index in [1.807, 2.05) is 91.1 Å². The van der Waals surface area contributed by atoms with E-state index in [4.69, 9.17) is 11.6 Å². The van der Waals surface area contributed by atoms with E-state index in [0.717, 1.165) is 27.6 Å². The second kappa shape index (κ2) is 11.7. The van der Waals surface area contributed by atoms with Crippen LogP contribution in [-0.4, -0.2) is 22.8 Å². The number of carbonyl (C=O) groups is 2. The highest BCUT2D eigenvalue weighted by Gasteiger charge is 2.29. The Morgan fingerprint density at radius 2 is 1.45 bits per heavy atom. The van der Waals surface area contributed by atoms with E-state index in [1.54, 1.807) is 18.2 Å². The number of hydrogen-bond donors (Lipinski definition) is 3. The number of halogens is 2. The van der Waals surface area contributed by atoms with Crippen LogP contribution >= 0.6 is 27.5 Å². The largest absolute Gasteiger partial charge is 0.361 e. The summed E-state index contributed by atoms with van der Waals surface area (Å²) in [6, 6.07) is 31.4. The highest BCUT2D eigenvalue weighted by Crippen LogP contribution is 2.27. The third kappa shape index (κ3) is 5.82. The highest BCUT2D eigenvalue weighted by atomic mass is 79.9. The van der Waals surface area contributed by atoms with Crippen LogP contribution in [0.3, 0.4) is 0 Å². The number of carbonyl (C=O) groups excluding carboxylic acids is 2. The molecule has 1 heterocycles. The summed E-state index contributed by atoms with van der Waals surface area (Å²) in [5.74, 6) is -1.14. The third-order valence-corrected chi connectivity index (χ3v) is 7.66. The summed E-state index contributed by atoms with van der Waals surface area (Å²) in [5, 5.41) is 7.55. The molecule has 190 valence electrons. The SMILES string of the molecule is O=C(N[C@@H](Cc1c[nH]c2ccccc12)C(=O)Nc1ccc(Cl)c(Br)c1)C(c1ccccc1)c1ccccc1. The van der Waals surface area contributed by atoms with Gasteiger partial charge in [0.2, 0.25) is 11.8 Å². The van der Waals surface area contributed by atoms with Crippen LogP contribution in [0.5, 0.6) is 0 Å². The molecular formula is C31H25BrClN3O2. The summed E-state index contributed by atoms with van der Waals surface area (Å²) in [6.45, 7) is 0. The Bertz CT molecular complexity index is 1530. The van der Waals surface area contributed by atoms with Crippen LogP contribution in [0.25, 0.3) is 10.9 Å². The molecule has 0 bridgehead atoms. The van der Waals surface area contributed by atoms with E-state index in [1.165, 1.54) is 0 Å². The molecule has 0 aliphatic rings. The number of hydrogen-bond acceptors (Lipinski definition) is 2. The van der Waals surface area contributed by atoms with Gasteiger partial charge in [0.05, 0.1) is 10.9 Å². The summed E-state index contributed by atoms with van der Waals surface area (Å²) < 4.78 is 0.669. The van der Waals surface area contributed by atoms with Crippen LogP contribution in [0.4, 0.5) is 5.69 Å². The van der Waals surface area contributed by atoms with Gasteiger partial charge in [-0.15, -0.1) is 0 Å². The number of aromatic nitrogens is 1. The Hall–Kier alpha value is -3.87. The van der Waals surface area contributed by atoms with E-state index < -0.39 is 12.0 Å². The number of fused-ring (bicyclic) bond motifs is 1. The summed E-state index contributed by atoms with van der Waals surface area (Å²) in [6.07, 6.45) is 2.20. The molecule has 1 aromatic heterocycles. The number of benzene rings is 4. The molecule has 0 radical (unpaired) electrons. The van der Waals surface area contributed by atoms with Crippen molar-refractivity contribution in [2.75, 3.05) is 5.32 Å². The van der Waals surface area contributed by atoms with Crippen molar-refractivity contribution < 1.29 is 9.59 Å². The second-order valence-corrected chi connectivity index (χ2v) is 10.3. The van der Waals surface area contributed by atoms with Gasteiger partial charge in [0, 0.05) is 33.7 Å². The monoisotopic (exact) mass is 585 g/mol. The van der Waals surface area contributed by atoms with Crippen molar-refractivity contribution in [1.29, 1.82) is 0 Å². The van der Waals surface area contributed by atoms with Crippen molar-refractivity contribution in [3.8, 4) is 0 Å². The molecule has 0 aliphatic heterocycles. The molecule has 0 spiro atoms. The van der Waals surface area contributed by atoms with E-state index in [2.05, 4.69) is 31.5 Å². The topological polar surface area (TPSA) is 74.0 Å². The van der Waals surface area contributed by atoms with E-state index >= 15 is 0 Å². The zero-order valence-electron chi connectivity index (χ0n) is 20.3. The molecule has 0 fully saturated rings. The molecule has 4 aromatic carbocycles. The standard InChI is InChI=1S/C31H25BrClN3O2/c32-25-18-23(15-16-26(25)33)35-30(37)28(17-22-19-34-27-14-8-7-13-24(22)27)36-31(38)29(20-9-3-1-4-10-20)21-11-5-2-6-12-21/h1-16,18-19,28-29,34H,17H2,(H,35,37)(H,36,38)/t28-/m0/s1. The average molecular weight is 587 g/mol. The van der Waals surface area contributed by atoms with Gasteiger partial charge >= 0.3 is 0 Å². The Morgan fingerprint density at radius 1 is 0.816 bits per heavy atom. The minimum atomic E-state index is -0.828. The van der Waals surface area contributed by atoms with Crippen molar-refractivity contribution in [3.05, 3.63) is 136 Å². The van der Waals surface area contributed by atoms with Gasteiger partial charge in [0.1, 0.15) is 6.04 Å². The van der Waals surface area contributed by atoms with Crippen molar-refractivity contribution in [2.24, 2.45) is 0 Å². The quantitative estimate of drug-likeness (QED) is 0.182. The first-order chi connectivity index (χ1) is 18.5. The zero-order valence-corrected chi connectivity index (χ0v) is 22.7. The van der Waals surface area contributed by atoms with Crippen LogP contribution in [0.1, 0.15) is 22.6 Å². The summed E-state index contributed by atoms with van der Waals surface area (Å²) in [4.78, 5) is 30.8. The van der Waals surface area contributed by atoms with Crippen molar-refractivity contribution >= 4 is 55.9 Å². The number of nitrogens with one attached hydrogen (secondary N) is 3. The Kier molecular flexibility index (Phi) is 7.91. The van der Waals surface area contributed by atoms with Gasteiger partial charge in [-0.1, -0.05) is 90.5 Å². The predicted molar refractivity (Wildman–Crippen MR) is 156 cm³/mol. The number of amides is 2. The second-order valence-electron chi connectivity index (χ2n) is 9.00. The Labute approximate surface area is 234 Å². The molecule has 7 heteroatoms. The molecular weight excluding hydrogens is 562 g/mol. The number of aromatic amines is 1. The van der Waals surface area contributed by atoms with Gasteiger partial charge in [-0.3, -0.25) is 9.59 Å². The van der Waals surface area contributed by atoms with Crippen LogP contribution in [-0.2, 0) is 16.0 Å². The predicted octanol–water partition coefficient (Wildman–Crippen LogP) is 7.08. The summed E-state index contributed by atoms with van der Waals surface area (Å²) in [7, 11) is 0. The fraction of sp³-hybridized carbons (Fsp3) is 0.0968. The molecule has 5 aromatic rings. The molecule has 3 N–H and O–H groups in total. The lowest BCUT2D eigenvalue weighted by Gasteiger charge is -2.23. The number of para-hydroxylation sites is 1. The summed E-state index contributed by atoms with van der Waals surface area (Å²) >= 11 is 9.53. The molecule has 0 saturated heterocycles. The van der Waals surface area contributed by atoms with Crippen LogP contribution in [0, 0.1) is 0 Å². The van der Waals surface area contributed by atoms with Gasteiger partial charge < -0.3 is 15.6 Å². The van der Waals surface area contributed by atoms with Crippen molar-refractivity contribution in [2.45, 2.75) is 18.4 Å². The number of anilines is 1. The van der Waals surface area contributed by atoms with Crippen molar-refractivity contribution in [3.63, 3.8) is 0 Å². The first-order valence-corrected chi connectivity index (χ1v) is 13.4. The van der Waals surface area contributed by atoms with Gasteiger partial charge in [0.15, 0.2) is 0 Å². The molecule has 0 saturated carbocycles. The van der Waals surface area contributed by atoms with Crippen LogP contribution < -0.4 is 10.6 Å². The van der Waals surface area contributed by atoms with E-state index in [-0.39, 0.29) is 11.8 Å². The Balaban J connectivity index is 1.47. The molecule has 38 heavy (non-hydrogen) atoms. The lowest BCUT2D eigenvalue weighted by atomic mass is 9.90. The highest BCUT2D eigenvalue weighted by molar-refractivity contribution is 9.10. The average Bonchev–Trinajstić information content (AvgIpc) is 3.34. The molecule has 0 aliphatic carbocycles. The van der Waals surface area contributed by atoms with Crippen LogP contribution in [0.2, 0.25) is 5.02 Å².